The number of ether oxygens (including phenoxy) is 2. The number of hydrogen-bond acceptors (Lipinski definition) is 5. The lowest BCUT2D eigenvalue weighted by atomic mass is 10.1. The molecule has 1 aliphatic heterocycles. The van der Waals surface area contributed by atoms with Gasteiger partial charge in [-0.25, -0.2) is 0 Å². The van der Waals surface area contributed by atoms with Gasteiger partial charge < -0.3 is 9.47 Å². The first-order chi connectivity index (χ1) is 13.7. The third kappa shape index (κ3) is 6.37. The van der Waals surface area contributed by atoms with Gasteiger partial charge in [0.15, 0.2) is 0 Å². The Morgan fingerprint density at radius 3 is 2.39 bits per heavy atom. The molecular weight excluding hydrogens is 372 g/mol. The number of aliphatic imine (C=N–C) groups is 1. The minimum absolute atomic E-state index is 0.0450. The monoisotopic (exact) mass is 400 g/mol. The molecule has 0 fully saturated rings. The summed E-state index contributed by atoms with van der Waals surface area (Å²) >= 11 is 1.21. The Bertz CT molecular complexity index is 773. The van der Waals surface area contributed by atoms with Crippen LogP contribution in [0.2, 0.25) is 0 Å². The number of benzene rings is 1. The van der Waals surface area contributed by atoms with Gasteiger partial charge in [-0.2, -0.15) is 4.99 Å². The highest BCUT2D eigenvalue weighted by molar-refractivity contribution is 8.15. The van der Waals surface area contributed by atoms with Crippen molar-refractivity contribution < 1.29 is 14.3 Å². The van der Waals surface area contributed by atoms with Gasteiger partial charge in [0.25, 0.3) is 0 Å². The Kier molecular flexibility index (Phi) is 9.01. The fraction of sp³-hybridized carbons (Fsp3) is 0.409. The molecule has 2 heterocycles. The summed E-state index contributed by atoms with van der Waals surface area (Å²) in [6, 6.07) is 12.1. The highest BCUT2D eigenvalue weighted by Crippen LogP contribution is 2.27. The summed E-state index contributed by atoms with van der Waals surface area (Å²) in [6.45, 7) is 6.71. The molecule has 3 rings (SSSR count). The number of hydrogen-bond donors (Lipinski definition) is 0. The van der Waals surface area contributed by atoms with E-state index in [1.807, 2.05) is 44.3 Å². The lowest BCUT2D eigenvalue weighted by Crippen LogP contribution is -2.17. The summed E-state index contributed by atoms with van der Waals surface area (Å²) in [5, 5.41) is -0.233. The molecule has 2 aromatic rings. The predicted molar refractivity (Wildman–Crippen MR) is 116 cm³/mol. The molecule has 0 N–H and O–H groups in total. The van der Waals surface area contributed by atoms with Crippen molar-refractivity contribution in [3.05, 3.63) is 59.4 Å². The fourth-order valence-corrected chi connectivity index (χ4v) is 3.60. The summed E-state index contributed by atoms with van der Waals surface area (Å²) in [5.41, 5.74) is 3.40. The number of carbonyl (C=O) groups excluding carboxylic acids is 1. The normalized spacial score (nSPS) is 15.5. The smallest absolute Gasteiger partial charge is 0.308 e. The number of aryl methyl sites for hydroxylation is 1. The number of methoxy groups -OCH3 is 1. The average molecular weight is 401 g/mol. The molecule has 0 radical (unpaired) electrons. The van der Waals surface area contributed by atoms with Crippen molar-refractivity contribution in [2.75, 3.05) is 13.7 Å². The van der Waals surface area contributed by atoms with Crippen molar-refractivity contribution in [1.29, 1.82) is 0 Å². The molecule has 1 aliphatic rings. The molecule has 0 saturated heterocycles. The Balaban J connectivity index is 0.00000136. The molecule has 28 heavy (non-hydrogen) atoms. The molecule has 1 aromatic carbocycles. The van der Waals surface area contributed by atoms with Gasteiger partial charge in [-0.15, -0.1) is 0 Å². The summed E-state index contributed by atoms with van der Waals surface area (Å²) in [7, 11) is 1.55. The zero-order valence-electron chi connectivity index (χ0n) is 17.0. The second-order valence-corrected chi connectivity index (χ2v) is 7.14. The standard InChI is InChI=1S/C20H22N2O3S.C2H6/c1-3-14-4-7-16(21-13-14)10-11-25-17-8-5-15(6-9-17)12-18-19(24-2)22-20(23)26-18;1-2/h4-9,13,18H,3,10-12H2,1-2H3;1-2H3. The van der Waals surface area contributed by atoms with Crippen molar-refractivity contribution in [3.63, 3.8) is 0 Å². The minimum atomic E-state index is -0.188. The van der Waals surface area contributed by atoms with E-state index in [2.05, 4.69) is 29.0 Å². The zero-order valence-corrected chi connectivity index (χ0v) is 17.8. The summed E-state index contributed by atoms with van der Waals surface area (Å²) in [5.74, 6) is 1.33. The number of aromatic nitrogens is 1. The number of thioether (sulfide) groups is 1. The number of rotatable bonds is 7. The van der Waals surface area contributed by atoms with E-state index in [1.54, 1.807) is 7.11 Å². The average Bonchev–Trinajstić information content (AvgIpc) is 3.10. The van der Waals surface area contributed by atoms with Gasteiger partial charge in [0.05, 0.1) is 19.0 Å². The number of nitrogens with zero attached hydrogens (tertiary/aromatic N) is 2. The maximum absolute atomic E-state index is 11.4. The third-order valence-electron chi connectivity index (χ3n) is 4.19. The Hall–Kier alpha value is -2.34. The van der Waals surface area contributed by atoms with Gasteiger partial charge in [-0.3, -0.25) is 9.78 Å². The lowest BCUT2D eigenvalue weighted by molar-refractivity contribution is 0.267. The van der Waals surface area contributed by atoms with E-state index in [0.717, 1.165) is 29.8 Å². The van der Waals surface area contributed by atoms with Gasteiger partial charge in [0, 0.05) is 18.3 Å². The van der Waals surface area contributed by atoms with Crippen LogP contribution in [0.5, 0.6) is 5.75 Å². The van der Waals surface area contributed by atoms with Crippen LogP contribution in [-0.4, -0.2) is 35.1 Å². The fourth-order valence-electron chi connectivity index (χ4n) is 2.69. The third-order valence-corrected chi connectivity index (χ3v) is 5.14. The van der Waals surface area contributed by atoms with Crippen molar-refractivity contribution in [1.82, 2.24) is 4.98 Å². The number of amides is 1. The second kappa shape index (κ2) is 11.5. The van der Waals surface area contributed by atoms with Crippen LogP contribution in [0.25, 0.3) is 0 Å². The van der Waals surface area contributed by atoms with E-state index in [1.165, 1.54) is 17.3 Å². The van der Waals surface area contributed by atoms with Crippen LogP contribution >= 0.6 is 11.8 Å². The molecule has 6 heteroatoms. The van der Waals surface area contributed by atoms with E-state index in [4.69, 9.17) is 9.47 Å². The molecule has 1 unspecified atom stereocenters. The minimum Gasteiger partial charge on any atom is -0.493 e. The first-order valence-electron chi connectivity index (χ1n) is 9.66. The quantitative estimate of drug-likeness (QED) is 0.646. The van der Waals surface area contributed by atoms with Crippen molar-refractivity contribution in [2.45, 2.75) is 45.3 Å². The van der Waals surface area contributed by atoms with Crippen LogP contribution in [0.1, 0.15) is 37.6 Å². The molecule has 1 atom stereocenters. The maximum atomic E-state index is 11.4. The Labute approximate surface area is 171 Å². The Morgan fingerprint density at radius 2 is 1.79 bits per heavy atom. The summed E-state index contributed by atoms with van der Waals surface area (Å²) in [6.07, 6.45) is 4.41. The van der Waals surface area contributed by atoms with Gasteiger partial charge >= 0.3 is 5.24 Å². The SMILES string of the molecule is CC.CCc1ccc(CCOc2ccc(CC3SC(=O)N=C3OC)cc2)nc1. The topological polar surface area (TPSA) is 60.8 Å². The number of carbonyl (C=O) groups is 1. The lowest BCUT2D eigenvalue weighted by Gasteiger charge is -2.11. The van der Waals surface area contributed by atoms with Crippen LogP contribution in [0, 0.1) is 0 Å². The van der Waals surface area contributed by atoms with Crippen LogP contribution in [-0.2, 0) is 24.0 Å². The highest BCUT2D eigenvalue weighted by Gasteiger charge is 2.28. The molecular formula is C22H28N2O3S. The van der Waals surface area contributed by atoms with Crippen LogP contribution in [0.4, 0.5) is 4.79 Å². The van der Waals surface area contributed by atoms with Gasteiger partial charge in [-0.05, 0) is 53.9 Å². The van der Waals surface area contributed by atoms with Gasteiger partial charge in [0.2, 0.25) is 5.90 Å². The van der Waals surface area contributed by atoms with Crippen molar-refractivity contribution >= 4 is 22.9 Å². The summed E-state index contributed by atoms with van der Waals surface area (Å²) < 4.78 is 11.0. The molecule has 0 bridgehead atoms. The van der Waals surface area contributed by atoms with Crippen molar-refractivity contribution in [2.24, 2.45) is 4.99 Å². The maximum Gasteiger partial charge on any atom is 0.308 e. The largest absolute Gasteiger partial charge is 0.493 e. The molecule has 0 spiro atoms. The molecule has 0 aliphatic carbocycles. The first-order valence-corrected chi connectivity index (χ1v) is 10.5. The van der Waals surface area contributed by atoms with E-state index in [0.29, 0.717) is 18.9 Å². The van der Waals surface area contributed by atoms with Crippen LogP contribution in [0.15, 0.2) is 47.6 Å². The van der Waals surface area contributed by atoms with E-state index >= 15 is 0 Å². The van der Waals surface area contributed by atoms with Crippen LogP contribution < -0.4 is 4.74 Å². The molecule has 1 amide bonds. The number of pyridine rings is 1. The van der Waals surface area contributed by atoms with Gasteiger partial charge in [-0.1, -0.05) is 39.0 Å². The zero-order chi connectivity index (χ0) is 20.4. The first kappa shape index (κ1) is 22.0. The highest BCUT2D eigenvalue weighted by atomic mass is 32.2. The molecule has 5 nitrogen and oxygen atoms in total. The van der Waals surface area contributed by atoms with Crippen molar-refractivity contribution in [3.8, 4) is 5.75 Å². The second-order valence-electron chi connectivity index (χ2n) is 5.98. The summed E-state index contributed by atoms with van der Waals surface area (Å²) in [4.78, 5) is 19.7. The van der Waals surface area contributed by atoms with E-state index < -0.39 is 0 Å². The molecule has 1 aromatic heterocycles. The van der Waals surface area contributed by atoms with Crippen LogP contribution in [0.3, 0.4) is 0 Å². The van der Waals surface area contributed by atoms with Gasteiger partial charge in [0.1, 0.15) is 5.75 Å². The molecule has 150 valence electrons. The van der Waals surface area contributed by atoms with E-state index in [9.17, 15) is 4.79 Å². The molecule has 0 saturated carbocycles. The Morgan fingerprint density at radius 1 is 1.07 bits per heavy atom. The predicted octanol–water partition coefficient (Wildman–Crippen LogP) is 5.11. The van der Waals surface area contributed by atoms with E-state index in [-0.39, 0.29) is 10.5 Å².